The van der Waals surface area contributed by atoms with E-state index in [1.807, 2.05) is 6.92 Å². The van der Waals surface area contributed by atoms with E-state index in [4.69, 9.17) is 0 Å². The normalized spacial score (nSPS) is 13.1. The first-order valence-corrected chi connectivity index (χ1v) is 10.2. The van der Waals surface area contributed by atoms with E-state index in [9.17, 15) is 19.5 Å². The Balaban J connectivity index is 5.13. The van der Waals surface area contributed by atoms with Crippen LogP contribution >= 0.6 is 0 Å². The summed E-state index contributed by atoms with van der Waals surface area (Å²) in [6.45, 7) is 9.34. The third-order valence-electron chi connectivity index (χ3n) is 4.64. The van der Waals surface area contributed by atoms with Crippen LogP contribution in [0, 0.1) is 5.92 Å². The quantitative estimate of drug-likeness (QED) is 0.461. The van der Waals surface area contributed by atoms with Crippen LogP contribution in [0.3, 0.4) is 0 Å². The predicted octanol–water partition coefficient (Wildman–Crippen LogP) is 3.59. The molecule has 0 aliphatic carbocycles. The lowest BCUT2D eigenvalue weighted by Gasteiger charge is -2.28. The van der Waals surface area contributed by atoms with Crippen LogP contribution in [0.4, 0.5) is 0 Å². The fraction of sp³-hybridized carbons (Fsp3) is 0.850. The molecule has 0 aromatic heterocycles. The highest BCUT2D eigenvalue weighted by atomic mass is 16.4. The number of hydrogen-bond donors (Lipinski definition) is 2. The number of nitrogens with zero attached hydrogens (tertiary/aromatic N) is 1. The van der Waals surface area contributed by atoms with E-state index in [0.717, 1.165) is 44.9 Å². The van der Waals surface area contributed by atoms with Gasteiger partial charge in [-0.3, -0.25) is 14.4 Å². The van der Waals surface area contributed by atoms with Crippen LogP contribution in [-0.2, 0) is 14.4 Å². The molecule has 6 nitrogen and oxygen atoms in total. The lowest BCUT2D eigenvalue weighted by atomic mass is 9.97. The molecule has 0 heterocycles. The monoisotopic (exact) mass is 370 g/mol. The number of aliphatic carboxylic acids is 1. The Morgan fingerprint density at radius 2 is 1.46 bits per heavy atom. The molecule has 0 aromatic rings. The molecule has 26 heavy (non-hydrogen) atoms. The Morgan fingerprint density at radius 1 is 0.923 bits per heavy atom. The number of carbonyl (C=O) groups excluding carboxylic acids is 2. The summed E-state index contributed by atoms with van der Waals surface area (Å²) in [5, 5.41) is 11.9. The predicted molar refractivity (Wildman–Crippen MR) is 104 cm³/mol. The molecule has 152 valence electrons. The van der Waals surface area contributed by atoms with Gasteiger partial charge in [-0.2, -0.15) is 0 Å². The fourth-order valence-electron chi connectivity index (χ4n) is 2.89. The van der Waals surface area contributed by atoms with Gasteiger partial charge in [0, 0.05) is 19.0 Å². The minimum atomic E-state index is -1.07. The van der Waals surface area contributed by atoms with Crippen molar-refractivity contribution in [2.45, 2.75) is 91.5 Å². The molecule has 1 unspecified atom stereocenters. The molecule has 0 fully saturated rings. The largest absolute Gasteiger partial charge is 0.481 e. The number of carboxylic acid groups (broad SMARTS) is 1. The van der Waals surface area contributed by atoms with Crippen molar-refractivity contribution in [3.63, 3.8) is 0 Å². The molecule has 2 amide bonds. The van der Waals surface area contributed by atoms with E-state index in [0.29, 0.717) is 19.5 Å². The van der Waals surface area contributed by atoms with Gasteiger partial charge in [0.25, 0.3) is 0 Å². The third kappa shape index (κ3) is 9.78. The van der Waals surface area contributed by atoms with Crippen molar-refractivity contribution in [2.75, 3.05) is 13.1 Å². The minimum absolute atomic E-state index is 0.168. The zero-order valence-corrected chi connectivity index (χ0v) is 17.1. The van der Waals surface area contributed by atoms with Crippen molar-refractivity contribution in [3.05, 3.63) is 0 Å². The van der Waals surface area contributed by atoms with Gasteiger partial charge >= 0.3 is 5.97 Å². The molecular formula is C20H38N2O4. The summed E-state index contributed by atoms with van der Waals surface area (Å²) in [6, 6.07) is -0.982. The molecule has 0 aromatic carbocycles. The Bertz CT molecular complexity index is 418. The van der Waals surface area contributed by atoms with Gasteiger partial charge in [-0.25, -0.2) is 0 Å². The van der Waals surface area contributed by atoms with Gasteiger partial charge in [-0.15, -0.1) is 0 Å². The molecule has 0 saturated heterocycles. The Hall–Kier alpha value is -1.59. The second kappa shape index (κ2) is 14.6. The van der Waals surface area contributed by atoms with E-state index >= 15 is 0 Å². The molecule has 0 rings (SSSR count). The minimum Gasteiger partial charge on any atom is -0.481 e. The summed E-state index contributed by atoms with van der Waals surface area (Å²) in [5.74, 6) is -1.71. The lowest BCUT2D eigenvalue weighted by molar-refractivity contribution is -0.144. The number of carbonyl (C=O) groups is 3. The van der Waals surface area contributed by atoms with Crippen LogP contribution < -0.4 is 5.32 Å². The number of amides is 2. The summed E-state index contributed by atoms with van der Waals surface area (Å²) in [4.78, 5) is 38.4. The van der Waals surface area contributed by atoms with Crippen LogP contribution in [0.15, 0.2) is 0 Å². The maximum atomic E-state index is 12.9. The van der Waals surface area contributed by atoms with Crippen molar-refractivity contribution in [1.29, 1.82) is 0 Å². The molecule has 0 aliphatic heterocycles. The van der Waals surface area contributed by atoms with E-state index in [1.54, 1.807) is 4.90 Å². The Labute approximate surface area is 158 Å². The number of unbranched alkanes of at least 4 members (excludes halogenated alkanes) is 3. The van der Waals surface area contributed by atoms with Gasteiger partial charge in [0.2, 0.25) is 11.8 Å². The van der Waals surface area contributed by atoms with Crippen molar-refractivity contribution in [1.82, 2.24) is 10.2 Å². The van der Waals surface area contributed by atoms with Gasteiger partial charge in [0.05, 0.1) is 6.42 Å². The third-order valence-corrected chi connectivity index (χ3v) is 4.64. The number of carboxylic acids is 1. The summed E-state index contributed by atoms with van der Waals surface area (Å²) in [6.07, 6.45) is 6.70. The second-order valence-corrected chi connectivity index (χ2v) is 6.94. The molecule has 2 atom stereocenters. The van der Waals surface area contributed by atoms with E-state index < -0.39 is 12.0 Å². The van der Waals surface area contributed by atoms with Gasteiger partial charge < -0.3 is 15.3 Å². The van der Waals surface area contributed by atoms with Crippen LogP contribution in [0.5, 0.6) is 0 Å². The first-order valence-electron chi connectivity index (χ1n) is 10.2. The lowest BCUT2D eigenvalue weighted by Crippen LogP contribution is -2.51. The van der Waals surface area contributed by atoms with Gasteiger partial charge in [-0.1, -0.05) is 53.4 Å². The summed E-state index contributed by atoms with van der Waals surface area (Å²) in [7, 11) is 0. The number of hydrogen-bond acceptors (Lipinski definition) is 3. The molecule has 0 saturated carbocycles. The van der Waals surface area contributed by atoms with Crippen molar-refractivity contribution < 1.29 is 19.5 Å². The van der Waals surface area contributed by atoms with E-state index in [-0.39, 0.29) is 24.2 Å². The summed E-state index contributed by atoms with van der Waals surface area (Å²) >= 11 is 0. The maximum absolute atomic E-state index is 12.9. The maximum Gasteiger partial charge on any atom is 0.305 e. The summed E-state index contributed by atoms with van der Waals surface area (Å²) in [5.41, 5.74) is 0. The van der Waals surface area contributed by atoms with Crippen molar-refractivity contribution in [3.8, 4) is 0 Å². The first-order chi connectivity index (χ1) is 12.4. The average Bonchev–Trinajstić information content (AvgIpc) is 2.61. The van der Waals surface area contributed by atoms with Crippen molar-refractivity contribution >= 4 is 17.8 Å². The van der Waals surface area contributed by atoms with Crippen LogP contribution in [-0.4, -0.2) is 46.9 Å². The summed E-state index contributed by atoms with van der Waals surface area (Å²) < 4.78 is 0. The van der Waals surface area contributed by atoms with Gasteiger partial charge in [0.15, 0.2) is 0 Å². The molecule has 2 N–H and O–H groups in total. The zero-order valence-electron chi connectivity index (χ0n) is 17.1. The van der Waals surface area contributed by atoms with Crippen LogP contribution in [0.25, 0.3) is 0 Å². The first kappa shape index (κ1) is 24.4. The number of rotatable bonds is 15. The van der Waals surface area contributed by atoms with Gasteiger partial charge in [-0.05, 0) is 25.7 Å². The molecular weight excluding hydrogens is 332 g/mol. The molecule has 0 aliphatic rings. The van der Waals surface area contributed by atoms with Gasteiger partial charge in [0.1, 0.15) is 6.04 Å². The average molecular weight is 371 g/mol. The van der Waals surface area contributed by atoms with Crippen LogP contribution in [0.1, 0.15) is 85.5 Å². The molecule has 0 radical (unpaired) electrons. The zero-order chi connectivity index (χ0) is 19.9. The highest BCUT2D eigenvalue weighted by Gasteiger charge is 2.29. The van der Waals surface area contributed by atoms with Crippen LogP contribution in [0.2, 0.25) is 0 Å². The SMILES string of the molecule is CCCCC(CC)C(=O)N[C@@H](CC(=O)O)C(=O)N(CCCC)CCCC. The standard InChI is InChI=1S/C20H38N2O4/c1-5-9-12-16(8-4)19(25)21-17(15-18(23)24)20(26)22(13-10-6-2)14-11-7-3/h16-17H,5-15H2,1-4H3,(H,21,25)(H,23,24)/t16?,17-/m0/s1. The molecule has 0 bridgehead atoms. The van der Waals surface area contributed by atoms with E-state index in [2.05, 4.69) is 26.1 Å². The second-order valence-electron chi connectivity index (χ2n) is 6.94. The van der Waals surface area contributed by atoms with Crippen molar-refractivity contribution in [2.24, 2.45) is 5.92 Å². The molecule has 6 heteroatoms. The highest BCUT2D eigenvalue weighted by Crippen LogP contribution is 2.14. The Morgan fingerprint density at radius 3 is 1.88 bits per heavy atom. The smallest absolute Gasteiger partial charge is 0.305 e. The highest BCUT2D eigenvalue weighted by molar-refractivity contribution is 5.91. The molecule has 0 spiro atoms. The Kier molecular flexibility index (Phi) is 13.7. The fourth-order valence-corrected chi connectivity index (χ4v) is 2.89. The number of nitrogens with one attached hydrogen (secondary N) is 1. The van der Waals surface area contributed by atoms with E-state index in [1.165, 1.54) is 0 Å². The topological polar surface area (TPSA) is 86.7 Å².